The van der Waals surface area contributed by atoms with Gasteiger partial charge in [-0.15, -0.1) is 0 Å². The Balaban J connectivity index is 1.78. The molecule has 27 heavy (non-hydrogen) atoms. The molecule has 0 bridgehead atoms. The van der Waals surface area contributed by atoms with E-state index in [4.69, 9.17) is 20.8 Å². The molecule has 2 aliphatic rings. The fraction of sp³-hybridized carbons (Fsp3) is 0.300. The second-order valence-electron chi connectivity index (χ2n) is 6.61. The van der Waals surface area contributed by atoms with Crippen molar-refractivity contribution in [3.05, 3.63) is 64.6 Å². The van der Waals surface area contributed by atoms with Crippen LogP contribution < -0.4 is 0 Å². The molecule has 3 heterocycles. The minimum Gasteiger partial charge on any atom is -0.507 e. The summed E-state index contributed by atoms with van der Waals surface area (Å²) in [5, 5.41) is 11.3. The van der Waals surface area contributed by atoms with Gasteiger partial charge in [0, 0.05) is 23.7 Å². The zero-order valence-electron chi connectivity index (χ0n) is 14.4. The number of ether oxygens (including phenoxy) is 1. The summed E-state index contributed by atoms with van der Waals surface area (Å²) in [5.74, 6) is -1.23. The lowest BCUT2D eigenvalue weighted by atomic mass is 9.99. The fourth-order valence-electron chi connectivity index (χ4n) is 3.58. The molecule has 0 saturated carbocycles. The molecule has 6 nitrogen and oxygen atoms in total. The number of Topliss-reactive ketones (excluding diaryl/α,β-unsaturated/α-hetero) is 1. The number of aliphatic hydroxyl groups excluding tert-OH is 1. The number of ketones is 1. The van der Waals surface area contributed by atoms with Crippen molar-refractivity contribution in [1.29, 1.82) is 0 Å². The number of aliphatic hydroxyl groups is 1. The van der Waals surface area contributed by atoms with E-state index in [1.165, 1.54) is 11.2 Å². The summed E-state index contributed by atoms with van der Waals surface area (Å²) in [6.45, 7) is 0.915. The summed E-state index contributed by atoms with van der Waals surface area (Å²) in [6, 6.07) is 9.01. The number of halogens is 1. The number of carbonyl (C=O) groups excluding carboxylic acids is 2. The molecule has 1 aromatic carbocycles. The lowest BCUT2D eigenvalue weighted by molar-refractivity contribution is -0.141. The summed E-state index contributed by atoms with van der Waals surface area (Å²) in [7, 11) is 0. The van der Waals surface area contributed by atoms with E-state index in [-0.39, 0.29) is 24.0 Å². The molecule has 140 valence electrons. The Morgan fingerprint density at radius 3 is 2.63 bits per heavy atom. The molecule has 1 N–H and O–H groups in total. The zero-order chi connectivity index (χ0) is 19.0. The van der Waals surface area contributed by atoms with Gasteiger partial charge in [0.15, 0.2) is 0 Å². The maximum Gasteiger partial charge on any atom is 0.295 e. The first-order valence-corrected chi connectivity index (χ1v) is 9.13. The molecule has 2 unspecified atom stereocenters. The van der Waals surface area contributed by atoms with Crippen LogP contribution in [0.3, 0.4) is 0 Å². The summed E-state index contributed by atoms with van der Waals surface area (Å²) >= 11 is 5.90. The summed E-state index contributed by atoms with van der Waals surface area (Å²) in [5.41, 5.74) is 0.418. The lowest BCUT2D eigenvalue weighted by Crippen LogP contribution is -2.36. The Morgan fingerprint density at radius 1 is 1.22 bits per heavy atom. The van der Waals surface area contributed by atoms with Gasteiger partial charge in [-0.25, -0.2) is 0 Å². The van der Waals surface area contributed by atoms with E-state index in [9.17, 15) is 14.7 Å². The predicted molar refractivity (Wildman–Crippen MR) is 98.1 cm³/mol. The topological polar surface area (TPSA) is 80.0 Å². The fourth-order valence-corrected chi connectivity index (χ4v) is 3.71. The first kappa shape index (κ1) is 17.8. The second-order valence-corrected chi connectivity index (χ2v) is 7.05. The molecule has 4 rings (SSSR count). The van der Waals surface area contributed by atoms with Crippen molar-refractivity contribution in [1.82, 2.24) is 4.90 Å². The SMILES string of the molecule is O=C1C(=O)N(CC2CCCO2)C(c2ccco2)/C1=C(/O)c1ccc(Cl)cc1. The van der Waals surface area contributed by atoms with Gasteiger partial charge in [-0.1, -0.05) is 11.6 Å². The Kier molecular flexibility index (Phi) is 4.76. The van der Waals surface area contributed by atoms with Gasteiger partial charge in [0.2, 0.25) is 0 Å². The number of carbonyl (C=O) groups is 2. The van der Waals surface area contributed by atoms with Crippen LogP contribution >= 0.6 is 11.6 Å². The van der Waals surface area contributed by atoms with E-state index in [0.717, 1.165) is 12.8 Å². The van der Waals surface area contributed by atoms with E-state index in [0.29, 0.717) is 23.0 Å². The second kappa shape index (κ2) is 7.21. The van der Waals surface area contributed by atoms with E-state index in [1.807, 2.05) is 0 Å². The molecule has 2 atom stereocenters. The normalized spacial score (nSPS) is 24.7. The van der Waals surface area contributed by atoms with E-state index >= 15 is 0 Å². The molecule has 1 amide bonds. The third kappa shape index (κ3) is 3.26. The first-order chi connectivity index (χ1) is 13.1. The molecule has 1 aromatic heterocycles. The molecule has 2 saturated heterocycles. The van der Waals surface area contributed by atoms with Crippen LogP contribution in [0.25, 0.3) is 5.76 Å². The molecule has 2 aromatic rings. The van der Waals surface area contributed by atoms with Crippen molar-refractivity contribution >= 4 is 29.1 Å². The number of benzene rings is 1. The van der Waals surface area contributed by atoms with Crippen molar-refractivity contribution in [3.63, 3.8) is 0 Å². The standard InChI is InChI=1S/C20H18ClNO5/c21-13-7-5-12(6-8-13)18(23)16-17(15-4-2-10-27-15)22(20(25)19(16)24)11-14-3-1-9-26-14/h2,4-8,10,14,17,23H,1,3,9,11H2/b18-16-. The molecular weight excluding hydrogens is 370 g/mol. The molecular formula is C20H18ClNO5. The van der Waals surface area contributed by atoms with E-state index < -0.39 is 17.7 Å². The molecule has 0 radical (unpaired) electrons. The Labute approximate surface area is 161 Å². The van der Waals surface area contributed by atoms with Gasteiger partial charge in [0.1, 0.15) is 17.6 Å². The highest BCUT2D eigenvalue weighted by atomic mass is 35.5. The Morgan fingerprint density at radius 2 is 2.00 bits per heavy atom. The number of furan rings is 1. The molecule has 0 spiro atoms. The van der Waals surface area contributed by atoms with Crippen LogP contribution in [-0.4, -0.2) is 41.0 Å². The Hall–Kier alpha value is -2.57. The summed E-state index contributed by atoms with van der Waals surface area (Å²) < 4.78 is 11.1. The van der Waals surface area contributed by atoms with E-state index in [2.05, 4.69) is 0 Å². The highest BCUT2D eigenvalue weighted by molar-refractivity contribution is 6.46. The van der Waals surface area contributed by atoms with Crippen LogP contribution in [0.15, 0.2) is 52.7 Å². The number of nitrogens with zero attached hydrogens (tertiary/aromatic N) is 1. The van der Waals surface area contributed by atoms with Gasteiger partial charge in [0.05, 0.1) is 17.9 Å². The maximum atomic E-state index is 12.8. The van der Waals surface area contributed by atoms with Crippen LogP contribution in [0.1, 0.15) is 30.2 Å². The third-order valence-electron chi connectivity index (χ3n) is 4.89. The van der Waals surface area contributed by atoms with Crippen LogP contribution in [0.4, 0.5) is 0 Å². The number of amides is 1. The number of hydrogen-bond acceptors (Lipinski definition) is 5. The van der Waals surface area contributed by atoms with Crippen molar-refractivity contribution < 1.29 is 23.8 Å². The number of hydrogen-bond donors (Lipinski definition) is 1. The van der Waals surface area contributed by atoms with Gasteiger partial charge in [-0.05, 0) is 49.2 Å². The van der Waals surface area contributed by atoms with Crippen molar-refractivity contribution in [2.75, 3.05) is 13.2 Å². The lowest BCUT2D eigenvalue weighted by Gasteiger charge is -2.25. The van der Waals surface area contributed by atoms with Crippen molar-refractivity contribution in [2.24, 2.45) is 0 Å². The quantitative estimate of drug-likeness (QED) is 0.493. The van der Waals surface area contributed by atoms with Gasteiger partial charge >= 0.3 is 0 Å². The maximum absolute atomic E-state index is 12.8. The van der Waals surface area contributed by atoms with Crippen LogP contribution in [0, 0.1) is 0 Å². The zero-order valence-corrected chi connectivity index (χ0v) is 15.2. The molecule has 2 fully saturated rings. The van der Waals surface area contributed by atoms with Gasteiger partial charge in [0.25, 0.3) is 11.7 Å². The monoisotopic (exact) mass is 387 g/mol. The molecule has 2 aliphatic heterocycles. The summed E-state index contributed by atoms with van der Waals surface area (Å²) in [4.78, 5) is 26.9. The van der Waals surface area contributed by atoms with E-state index in [1.54, 1.807) is 36.4 Å². The summed E-state index contributed by atoms with van der Waals surface area (Å²) in [6.07, 6.45) is 3.09. The Bertz CT molecular complexity index is 882. The molecule has 0 aliphatic carbocycles. The average molecular weight is 388 g/mol. The average Bonchev–Trinajstić information content (AvgIpc) is 3.40. The minimum absolute atomic E-state index is 0.00951. The van der Waals surface area contributed by atoms with Gasteiger partial charge in [-0.2, -0.15) is 0 Å². The predicted octanol–water partition coefficient (Wildman–Crippen LogP) is 3.53. The largest absolute Gasteiger partial charge is 0.507 e. The van der Waals surface area contributed by atoms with Gasteiger partial charge in [-0.3, -0.25) is 9.59 Å². The highest BCUT2D eigenvalue weighted by Crippen LogP contribution is 2.40. The van der Waals surface area contributed by atoms with Crippen LogP contribution in [0.2, 0.25) is 5.02 Å². The minimum atomic E-state index is -0.792. The van der Waals surface area contributed by atoms with Crippen LogP contribution in [0.5, 0.6) is 0 Å². The van der Waals surface area contributed by atoms with Crippen LogP contribution in [-0.2, 0) is 14.3 Å². The smallest absolute Gasteiger partial charge is 0.295 e. The third-order valence-corrected chi connectivity index (χ3v) is 5.15. The number of rotatable bonds is 4. The highest BCUT2D eigenvalue weighted by Gasteiger charge is 2.48. The number of likely N-dealkylation sites (tertiary alicyclic amines) is 1. The van der Waals surface area contributed by atoms with Gasteiger partial charge < -0.3 is 19.2 Å². The van der Waals surface area contributed by atoms with Crippen molar-refractivity contribution in [2.45, 2.75) is 25.0 Å². The molecule has 7 heteroatoms. The van der Waals surface area contributed by atoms with Crippen molar-refractivity contribution in [3.8, 4) is 0 Å². The first-order valence-electron chi connectivity index (χ1n) is 8.75.